The molecule has 0 aromatic carbocycles. The number of hydrogen-bond acceptors (Lipinski definition) is 5. The molecule has 0 aliphatic carbocycles. The summed E-state index contributed by atoms with van der Waals surface area (Å²) >= 11 is 0. The van der Waals surface area contributed by atoms with Gasteiger partial charge < -0.3 is 15.0 Å². The Labute approximate surface area is 106 Å². The maximum absolute atomic E-state index is 11.9. The van der Waals surface area contributed by atoms with Crippen molar-refractivity contribution in [3.63, 3.8) is 0 Å². The number of carbonyl (C=O) groups is 1. The zero-order valence-corrected chi connectivity index (χ0v) is 11.0. The molecule has 1 aliphatic rings. The number of hydrogen-bond donors (Lipinski definition) is 1. The number of fused-ring (bicyclic) bond motifs is 1. The Bertz CT molecular complexity index is 448. The van der Waals surface area contributed by atoms with Crippen LogP contribution in [0.25, 0.3) is 0 Å². The molecule has 1 aliphatic heterocycles. The van der Waals surface area contributed by atoms with Gasteiger partial charge in [-0.05, 0) is 27.3 Å². The fourth-order valence-corrected chi connectivity index (χ4v) is 1.89. The van der Waals surface area contributed by atoms with Crippen LogP contribution in [0.2, 0.25) is 0 Å². The van der Waals surface area contributed by atoms with Gasteiger partial charge in [-0.25, -0.2) is 4.79 Å². The van der Waals surface area contributed by atoms with E-state index in [4.69, 9.17) is 15.0 Å². The first kappa shape index (κ1) is 12.9. The molecule has 18 heavy (non-hydrogen) atoms. The zero-order valence-electron chi connectivity index (χ0n) is 11.0. The van der Waals surface area contributed by atoms with E-state index in [1.54, 1.807) is 4.90 Å². The van der Waals surface area contributed by atoms with Crippen LogP contribution in [0.4, 0.5) is 4.79 Å². The molecule has 0 spiro atoms. The van der Waals surface area contributed by atoms with Crippen LogP contribution < -0.4 is 5.73 Å². The van der Waals surface area contributed by atoms with E-state index >= 15 is 0 Å². The maximum atomic E-state index is 11.9. The summed E-state index contributed by atoms with van der Waals surface area (Å²) in [7, 11) is 0. The van der Waals surface area contributed by atoms with E-state index in [1.807, 2.05) is 20.8 Å². The Morgan fingerprint density at radius 3 is 2.83 bits per heavy atom. The molecule has 1 amide bonds. The minimum Gasteiger partial charge on any atom is -0.444 e. The van der Waals surface area contributed by atoms with Crippen LogP contribution in [0.1, 0.15) is 37.8 Å². The first-order chi connectivity index (χ1) is 8.40. The number of nitrogens with zero attached hydrogens (tertiary/aromatic N) is 2. The quantitative estimate of drug-likeness (QED) is 0.862. The number of carbonyl (C=O) groups excluding carboxylic acids is 1. The van der Waals surface area contributed by atoms with Crippen LogP contribution in [0, 0.1) is 0 Å². The van der Waals surface area contributed by atoms with Crippen molar-refractivity contribution in [2.75, 3.05) is 6.54 Å². The lowest BCUT2D eigenvalue weighted by molar-refractivity contribution is 0.0230. The summed E-state index contributed by atoms with van der Waals surface area (Å²) in [5.74, 6) is 0.740. The molecule has 6 heteroatoms. The smallest absolute Gasteiger partial charge is 0.411 e. The van der Waals surface area contributed by atoms with E-state index in [2.05, 4.69) is 5.16 Å². The number of aromatic nitrogens is 1. The Kier molecular flexibility index (Phi) is 3.30. The van der Waals surface area contributed by atoms with E-state index in [1.165, 1.54) is 0 Å². The Balaban J connectivity index is 2.03. The van der Waals surface area contributed by atoms with E-state index in [9.17, 15) is 4.79 Å². The second-order valence-corrected chi connectivity index (χ2v) is 5.41. The molecule has 0 radical (unpaired) electrons. The molecule has 0 atom stereocenters. The van der Waals surface area contributed by atoms with Gasteiger partial charge in [-0.15, -0.1) is 0 Å². The lowest BCUT2D eigenvalue weighted by Gasteiger charge is -2.24. The molecule has 0 fully saturated rings. The molecule has 2 heterocycles. The molecule has 2 rings (SSSR count). The highest BCUT2D eigenvalue weighted by Crippen LogP contribution is 2.27. The fourth-order valence-electron chi connectivity index (χ4n) is 1.89. The Morgan fingerprint density at radius 1 is 1.50 bits per heavy atom. The molecule has 0 unspecified atom stereocenters. The van der Waals surface area contributed by atoms with Crippen molar-refractivity contribution < 1.29 is 14.1 Å². The topological polar surface area (TPSA) is 81.6 Å². The van der Waals surface area contributed by atoms with Crippen LogP contribution in [0.5, 0.6) is 0 Å². The van der Waals surface area contributed by atoms with Crippen molar-refractivity contribution in [3.05, 3.63) is 17.0 Å². The SMILES string of the molecule is CC(C)(C)OC(=O)N1Cc2onc(CCN)c2C1. The number of ether oxygens (including phenoxy) is 1. The molecule has 0 bridgehead atoms. The van der Waals surface area contributed by atoms with Gasteiger partial charge in [0.1, 0.15) is 5.60 Å². The minimum absolute atomic E-state index is 0.326. The first-order valence-electron chi connectivity index (χ1n) is 6.05. The van der Waals surface area contributed by atoms with Gasteiger partial charge in [0.25, 0.3) is 0 Å². The number of rotatable bonds is 2. The first-order valence-corrected chi connectivity index (χ1v) is 6.05. The summed E-state index contributed by atoms with van der Waals surface area (Å²) in [6.07, 6.45) is 0.341. The normalized spacial score (nSPS) is 14.8. The van der Waals surface area contributed by atoms with Crippen molar-refractivity contribution in [2.24, 2.45) is 5.73 Å². The van der Waals surface area contributed by atoms with Crippen molar-refractivity contribution in [2.45, 2.75) is 45.9 Å². The molecular formula is C12H19N3O3. The summed E-state index contributed by atoms with van der Waals surface area (Å²) in [6, 6.07) is 0. The van der Waals surface area contributed by atoms with Gasteiger partial charge in [-0.2, -0.15) is 0 Å². The van der Waals surface area contributed by atoms with Crippen molar-refractivity contribution in [1.82, 2.24) is 10.1 Å². The molecule has 6 nitrogen and oxygen atoms in total. The second-order valence-electron chi connectivity index (χ2n) is 5.41. The highest BCUT2D eigenvalue weighted by molar-refractivity contribution is 5.69. The molecule has 0 saturated carbocycles. The van der Waals surface area contributed by atoms with E-state index in [0.717, 1.165) is 17.0 Å². The average Bonchev–Trinajstić information content (AvgIpc) is 2.77. The van der Waals surface area contributed by atoms with E-state index in [-0.39, 0.29) is 6.09 Å². The molecular weight excluding hydrogens is 234 g/mol. The predicted molar refractivity (Wildman–Crippen MR) is 64.7 cm³/mol. The third-order valence-corrected chi connectivity index (χ3v) is 2.67. The van der Waals surface area contributed by atoms with E-state index in [0.29, 0.717) is 26.1 Å². The van der Waals surface area contributed by atoms with Gasteiger partial charge in [-0.3, -0.25) is 4.90 Å². The molecule has 0 saturated heterocycles. The van der Waals surface area contributed by atoms with Crippen LogP contribution in [0.3, 0.4) is 0 Å². The van der Waals surface area contributed by atoms with Crippen LogP contribution in [0.15, 0.2) is 4.52 Å². The summed E-state index contributed by atoms with van der Waals surface area (Å²) in [4.78, 5) is 13.5. The predicted octanol–water partition coefficient (Wildman–Crippen LogP) is 1.43. The Hall–Kier alpha value is -1.56. The summed E-state index contributed by atoms with van der Waals surface area (Å²) in [6.45, 7) is 6.97. The molecule has 100 valence electrons. The number of nitrogens with two attached hydrogens (primary N) is 1. The summed E-state index contributed by atoms with van der Waals surface area (Å²) in [5.41, 5.74) is 6.84. The second kappa shape index (κ2) is 4.61. The minimum atomic E-state index is -0.487. The standard InChI is InChI=1S/C12H19N3O3/c1-12(2,3)17-11(16)15-6-8-9(4-5-13)14-18-10(8)7-15/h4-7,13H2,1-3H3. The summed E-state index contributed by atoms with van der Waals surface area (Å²) < 4.78 is 10.5. The van der Waals surface area contributed by atoms with Crippen LogP contribution in [-0.4, -0.2) is 28.3 Å². The zero-order chi connectivity index (χ0) is 13.3. The monoisotopic (exact) mass is 253 g/mol. The van der Waals surface area contributed by atoms with Gasteiger partial charge in [0.15, 0.2) is 5.76 Å². The molecule has 1 aromatic rings. The van der Waals surface area contributed by atoms with Gasteiger partial charge in [-0.1, -0.05) is 5.16 Å². The third kappa shape index (κ3) is 2.64. The van der Waals surface area contributed by atoms with E-state index < -0.39 is 5.60 Å². The molecule has 1 aromatic heterocycles. The highest BCUT2D eigenvalue weighted by atomic mass is 16.6. The Morgan fingerprint density at radius 2 is 2.22 bits per heavy atom. The van der Waals surface area contributed by atoms with Gasteiger partial charge in [0, 0.05) is 12.0 Å². The highest BCUT2D eigenvalue weighted by Gasteiger charge is 2.32. The van der Waals surface area contributed by atoms with Crippen molar-refractivity contribution in [1.29, 1.82) is 0 Å². The maximum Gasteiger partial charge on any atom is 0.411 e. The van der Waals surface area contributed by atoms with Crippen molar-refractivity contribution in [3.8, 4) is 0 Å². The van der Waals surface area contributed by atoms with Gasteiger partial charge >= 0.3 is 6.09 Å². The lowest BCUT2D eigenvalue weighted by Crippen LogP contribution is -2.33. The van der Waals surface area contributed by atoms with Crippen LogP contribution in [-0.2, 0) is 24.2 Å². The number of amides is 1. The largest absolute Gasteiger partial charge is 0.444 e. The summed E-state index contributed by atoms with van der Waals surface area (Å²) in [5, 5.41) is 3.96. The molecule has 2 N–H and O–H groups in total. The third-order valence-electron chi connectivity index (χ3n) is 2.67. The van der Waals surface area contributed by atoms with Gasteiger partial charge in [0.2, 0.25) is 0 Å². The van der Waals surface area contributed by atoms with Gasteiger partial charge in [0.05, 0.1) is 18.8 Å². The van der Waals surface area contributed by atoms with Crippen LogP contribution >= 0.6 is 0 Å². The van der Waals surface area contributed by atoms with Crippen molar-refractivity contribution >= 4 is 6.09 Å². The average molecular weight is 253 g/mol. The fraction of sp³-hybridized carbons (Fsp3) is 0.667. The lowest BCUT2D eigenvalue weighted by atomic mass is 10.2.